The van der Waals surface area contributed by atoms with Crippen LogP contribution in [0.1, 0.15) is 52.0 Å². The van der Waals surface area contributed by atoms with Crippen LogP contribution >= 0.6 is 0 Å². The molecule has 4 nitrogen and oxygen atoms in total. The Morgan fingerprint density at radius 1 is 1.20 bits per heavy atom. The van der Waals surface area contributed by atoms with E-state index in [0.29, 0.717) is 32.1 Å². The molecule has 1 fully saturated rings. The van der Waals surface area contributed by atoms with E-state index < -0.39 is 17.0 Å². The average molecular weight is 342 g/mol. The number of aryl methyl sites for hydroxylation is 1. The predicted octanol–water partition coefficient (Wildman–Crippen LogP) is 3.83. The summed E-state index contributed by atoms with van der Waals surface area (Å²) in [6, 6.07) is 9.75. The Labute approximate surface area is 149 Å². The van der Waals surface area contributed by atoms with Gasteiger partial charge in [-0.25, -0.2) is 0 Å². The van der Waals surface area contributed by atoms with Crippen LogP contribution in [0.15, 0.2) is 42.5 Å². The Morgan fingerprint density at radius 3 is 2.44 bits per heavy atom. The molecule has 0 aromatic heterocycles. The van der Waals surface area contributed by atoms with Gasteiger partial charge in [-0.15, -0.1) is 0 Å². The van der Waals surface area contributed by atoms with Crippen LogP contribution in [0.2, 0.25) is 0 Å². The number of ketones is 2. The van der Waals surface area contributed by atoms with Crippen molar-refractivity contribution in [1.82, 2.24) is 0 Å². The number of hydrogen-bond donors (Lipinski definition) is 0. The molecule has 0 bridgehead atoms. The Hall–Kier alpha value is -2.23. The van der Waals surface area contributed by atoms with Crippen molar-refractivity contribution < 1.29 is 19.1 Å². The zero-order valence-electron chi connectivity index (χ0n) is 15.2. The fourth-order valence-electron chi connectivity index (χ4n) is 2.95. The van der Waals surface area contributed by atoms with E-state index in [0.717, 1.165) is 5.56 Å². The van der Waals surface area contributed by atoms with Crippen molar-refractivity contribution in [2.45, 2.75) is 58.5 Å². The highest BCUT2D eigenvalue weighted by molar-refractivity contribution is 6.08. The number of Topliss-reactive ketones (excluding diaryl/α,β-unsaturated/α-hetero) is 1. The second kappa shape index (κ2) is 7.77. The van der Waals surface area contributed by atoms with E-state index in [2.05, 4.69) is 0 Å². The molecular weight excluding hydrogens is 316 g/mol. The zero-order chi connectivity index (χ0) is 18.5. The van der Waals surface area contributed by atoms with Gasteiger partial charge in [-0.1, -0.05) is 36.4 Å². The summed E-state index contributed by atoms with van der Waals surface area (Å²) in [5.41, 5.74) is -0.878. The average Bonchev–Trinajstić information content (AvgIpc) is 2.92. The van der Waals surface area contributed by atoms with E-state index in [1.807, 2.05) is 30.3 Å². The third-order valence-corrected chi connectivity index (χ3v) is 4.29. The normalized spacial score (nSPS) is 20.8. The lowest BCUT2D eigenvalue weighted by molar-refractivity contribution is -0.166. The van der Waals surface area contributed by atoms with Crippen LogP contribution in [-0.4, -0.2) is 23.1 Å². The molecule has 134 valence electrons. The van der Waals surface area contributed by atoms with Gasteiger partial charge in [0.15, 0.2) is 11.6 Å². The van der Waals surface area contributed by atoms with Crippen molar-refractivity contribution in [2.24, 2.45) is 5.41 Å². The first-order valence-corrected chi connectivity index (χ1v) is 8.76. The molecule has 0 aliphatic heterocycles. The van der Waals surface area contributed by atoms with E-state index in [1.54, 1.807) is 20.8 Å². The molecule has 0 spiro atoms. The molecule has 0 amide bonds. The minimum atomic E-state index is -1.30. The molecule has 1 aliphatic rings. The molecule has 1 aromatic rings. The smallest absolute Gasteiger partial charge is 0.324 e. The third kappa shape index (κ3) is 5.12. The Bertz CT molecular complexity index is 667. The lowest BCUT2D eigenvalue weighted by atomic mass is 9.84. The van der Waals surface area contributed by atoms with Crippen LogP contribution in [0.3, 0.4) is 0 Å². The summed E-state index contributed by atoms with van der Waals surface area (Å²) in [7, 11) is 0. The number of esters is 1. The van der Waals surface area contributed by atoms with Crippen molar-refractivity contribution in [3.05, 3.63) is 48.0 Å². The molecule has 1 aliphatic carbocycles. The number of carbonyl (C=O) groups excluding carboxylic acids is 3. The van der Waals surface area contributed by atoms with Crippen LogP contribution in [0.5, 0.6) is 0 Å². The van der Waals surface area contributed by atoms with E-state index in [4.69, 9.17) is 4.74 Å². The van der Waals surface area contributed by atoms with Gasteiger partial charge in [0, 0.05) is 12.8 Å². The number of hydrogen-bond acceptors (Lipinski definition) is 4. The third-order valence-electron chi connectivity index (χ3n) is 4.29. The SMILES string of the molecule is CC(C)(C)OC(=O)[C@]1(/C=C\C(=O)CCc2ccccc2)CCCC1=O. The van der Waals surface area contributed by atoms with Gasteiger partial charge in [-0.3, -0.25) is 14.4 Å². The van der Waals surface area contributed by atoms with Crippen molar-refractivity contribution in [3.63, 3.8) is 0 Å². The summed E-state index contributed by atoms with van der Waals surface area (Å²) in [6.07, 6.45) is 5.24. The van der Waals surface area contributed by atoms with Crippen LogP contribution in [0.25, 0.3) is 0 Å². The van der Waals surface area contributed by atoms with Gasteiger partial charge < -0.3 is 4.74 Å². The number of ether oxygens (including phenoxy) is 1. The summed E-state index contributed by atoms with van der Waals surface area (Å²) in [5, 5.41) is 0. The molecule has 0 heterocycles. The fourth-order valence-corrected chi connectivity index (χ4v) is 2.95. The largest absolute Gasteiger partial charge is 0.459 e. The Morgan fingerprint density at radius 2 is 1.88 bits per heavy atom. The minimum Gasteiger partial charge on any atom is -0.459 e. The highest BCUT2D eigenvalue weighted by atomic mass is 16.6. The molecule has 0 radical (unpaired) electrons. The molecule has 1 aromatic carbocycles. The zero-order valence-corrected chi connectivity index (χ0v) is 15.2. The summed E-state index contributed by atoms with van der Waals surface area (Å²) in [6.45, 7) is 5.31. The van der Waals surface area contributed by atoms with E-state index in [9.17, 15) is 14.4 Å². The van der Waals surface area contributed by atoms with Crippen molar-refractivity contribution in [3.8, 4) is 0 Å². The molecule has 2 rings (SSSR count). The molecule has 0 unspecified atom stereocenters. The molecule has 1 atom stereocenters. The van der Waals surface area contributed by atoms with Gasteiger partial charge in [0.1, 0.15) is 11.0 Å². The quantitative estimate of drug-likeness (QED) is 0.448. The topological polar surface area (TPSA) is 60.4 Å². The number of allylic oxidation sites excluding steroid dienone is 1. The van der Waals surface area contributed by atoms with Gasteiger partial charge in [0.25, 0.3) is 0 Å². The van der Waals surface area contributed by atoms with Gasteiger partial charge in [0.2, 0.25) is 0 Å². The summed E-state index contributed by atoms with van der Waals surface area (Å²) in [4.78, 5) is 37.1. The molecule has 0 saturated heterocycles. The van der Waals surface area contributed by atoms with Crippen molar-refractivity contribution >= 4 is 17.5 Å². The molecule has 0 N–H and O–H groups in total. The molecular formula is C21H26O4. The summed E-state index contributed by atoms with van der Waals surface area (Å²) in [5.74, 6) is -0.796. The van der Waals surface area contributed by atoms with Crippen LogP contribution in [0, 0.1) is 5.41 Å². The summed E-state index contributed by atoms with van der Waals surface area (Å²) >= 11 is 0. The molecule has 1 saturated carbocycles. The number of carbonyl (C=O) groups is 3. The second-order valence-corrected chi connectivity index (χ2v) is 7.54. The fraction of sp³-hybridized carbons (Fsp3) is 0.476. The first-order chi connectivity index (χ1) is 11.7. The van der Waals surface area contributed by atoms with Crippen LogP contribution in [-0.2, 0) is 25.5 Å². The van der Waals surface area contributed by atoms with E-state index in [1.165, 1.54) is 12.2 Å². The van der Waals surface area contributed by atoms with Gasteiger partial charge >= 0.3 is 5.97 Å². The second-order valence-electron chi connectivity index (χ2n) is 7.54. The van der Waals surface area contributed by atoms with E-state index in [-0.39, 0.29) is 11.6 Å². The summed E-state index contributed by atoms with van der Waals surface area (Å²) < 4.78 is 5.43. The van der Waals surface area contributed by atoms with Crippen LogP contribution < -0.4 is 0 Å². The number of benzene rings is 1. The minimum absolute atomic E-state index is 0.0912. The van der Waals surface area contributed by atoms with Gasteiger partial charge in [0.05, 0.1) is 0 Å². The maximum Gasteiger partial charge on any atom is 0.324 e. The Balaban J connectivity index is 2.06. The van der Waals surface area contributed by atoms with Crippen molar-refractivity contribution in [2.75, 3.05) is 0 Å². The standard InChI is InChI=1S/C21H26O4/c1-20(2,3)25-19(24)21(14-7-10-18(21)23)15-13-17(22)12-11-16-8-5-4-6-9-16/h4-6,8-9,13,15H,7,10-12,14H2,1-3H3/b15-13-/t21-/m0/s1. The highest BCUT2D eigenvalue weighted by Gasteiger charge is 2.49. The van der Waals surface area contributed by atoms with Crippen LogP contribution in [0.4, 0.5) is 0 Å². The number of rotatable bonds is 6. The van der Waals surface area contributed by atoms with E-state index >= 15 is 0 Å². The molecule has 4 heteroatoms. The van der Waals surface area contributed by atoms with Crippen molar-refractivity contribution in [1.29, 1.82) is 0 Å². The first kappa shape index (κ1) is 19.1. The molecule has 25 heavy (non-hydrogen) atoms. The lowest BCUT2D eigenvalue weighted by Gasteiger charge is -2.27. The Kier molecular flexibility index (Phi) is 5.93. The predicted molar refractivity (Wildman–Crippen MR) is 96.0 cm³/mol. The van der Waals surface area contributed by atoms with Gasteiger partial charge in [-0.05, 0) is 51.7 Å². The first-order valence-electron chi connectivity index (χ1n) is 8.76. The highest BCUT2D eigenvalue weighted by Crippen LogP contribution is 2.38. The monoisotopic (exact) mass is 342 g/mol. The lowest BCUT2D eigenvalue weighted by Crippen LogP contribution is -2.39. The van der Waals surface area contributed by atoms with Gasteiger partial charge in [-0.2, -0.15) is 0 Å². The maximum absolute atomic E-state index is 12.6. The maximum atomic E-state index is 12.6.